The lowest BCUT2D eigenvalue weighted by Gasteiger charge is -2.13. The third kappa shape index (κ3) is 3.45. The first-order chi connectivity index (χ1) is 9.39. The van der Waals surface area contributed by atoms with Gasteiger partial charge < -0.3 is 5.32 Å². The standard InChI is InChI=1S/C13H13F4NOS/c14-11-9(4-1-5-10(11)13(15,16)17)12(19)18-7-8-3-2-6-20-8/h1,4-5,8H,2-3,6-7H2,(H,18,19). The number of hydrogen-bond donors (Lipinski definition) is 1. The van der Waals surface area contributed by atoms with Gasteiger partial charge in [0.2, 0.25) is 0 Å². The van der Waals surface area contributed by atoms with Crippen LogP contribution in [0.5, 0.6) is 0 Å². The second kappa shape index (κ2) is 6.03. The summed E-state index contributed by atoms with van der Waals surface area (Å²) >= 11 is 1.70. The zero-order valence-corrected chi connectivity index (χ0v) is 11.3. The Hall–Kier alpha value is -1.24. The monoisotopic (exact) mass is 307 g/mol. The summed E-state index contributed by atoms with van der Waals surface area (Å²) < 4.78 is 51.4. The maximum atomic E-state index is 13.7. The molecule has 1 aromatic rings. The summed E-state index contributed by atoms with van der Waals surface area (Å²) in [5, 5.41) is 2.75. The molecule has 1 saturated heterocycles. The number of benzene rings is 1. The predicted octanol–water partition coefficient (Wildman–Crippen LogP) is 3.47. The molecule has 20 heavy (non-hydrogen) atoms. The van der Waals surface area contributed by atoms with Crippen molar-refractivity contribution in [1.82, 2.24) is 5.32 Å². The number of amides is 1. The van der Waals surface area contributed by atoms with Crippen LogP contribution in [0.25, 0.3) is 0 Å². The van der Waals surface area contributed by atoms with Crippen molar-refractivity contribution in [3.8, 4) is 0 Å². The number of thioether (sulfide) groups is 1. The van der Waals surface area contributed by atoms with E-state index in [0.29, 0.717) is 12.6 Å². The van der Waals surface area contributed by atoms with Gasteiger partial charge in [0, 0.05) is 11.8 Å². The summed E-state index contributed by atoms with van der Waals surface area (Å²) in [6.45, 7) is 0.346. The fraction of sp³-hybridized carbons (Fsp3) is 0.462. The van der Waals surface area contributed by atoms with Gasteiger partial charge >= 0.3 is 6.18 Å². The summed E-state index contributed by atoms with van der Waals surface area (Å²) in [5.74, 6) is -1.31. The summed E-state index contributed by atoms with van der Waals surface area (Å²) in [7, 11) is 0. The SMILES string of the molecule is O=C(NCC1CCCS1)c1cccc(C(F)(F)F)c1F. The molecule has 0 spiro atoms. The van der Waals surface area contributed by atoms with Gasteiger partial charge in [-0.1, -0.05) is 6.07 Å². The first kappa shape index (κ1) is 15.2. The van der Waals surface area contributed by atoms with Crippen molar-refractivity contribution in [3.05, 3.63) is 35.1 Å². The maximum absolute atomic E-state index is 13.7. The molecule has 1 heterocycles. The second-order valence-corrected chi connectivity index (χ2v) is 5.92. The normalized spacial score (nSPS) is 19.1. The fourth-order valence-corrected chi connectivity index (χ4v) is 3.23. The molecule has 2 nitrogen and oxygen atoms in total. The minimum absolute atomic E-state index is 0.257. The van der Waals surface area contributed by atoms with Crippen LogP contribution in [0.1, 0.15) is 28.8 Å². The molecule has 1 amide bonds. The highest BCUT2D eigenvalue weighted by Gasteiger charge is 2.35. The van der Waals surface area contributed by atoms with Crippen molar-refractivity contribution >= 4 is 17.7 Å². The molecule has 1 N–H and O–H groups in total. The Balaban J connectivity index is 2.09. The third-order valence-electron chi connectivity index (χ3n) is 3.06. The molecule has 1 fully saturated rings. The van der Waals surface area contributed by atoms with E-state index in [-0.39, 0.29) is 5.25 Å². The van der Waals surface area contributed by atoms with Crippen LogP contribution < -0.4 is 5.32 Å². The Morgan fingerprint density at radius 2 is 2.15 bits per heavy atom. The third-order valence-corrected chi connectivity index (χ3v) is 4.46. The van der Waals surface area contributed by atoms with Gasteiger partial charge in [-0.15, -0.1) is 0 Å². The number of halogens is 4. The van der Waals surface area contributed by atoms with Crippen LogP contribution in [0.15, 0.2) is 18.2 Å². The summed E-state index contributed by atoms with van der Waals surface area (Å²) in [6.07, 6.45) is -2.79. The molecule has 1 aliphatic heterocycles. The van der Waals surface area contributed by atoms with E-state index in [0.717, 1.165) is 30.7 Å². The van der Waals surface area contributed by atoms with Gasteiger partial charge in [0.05, 0.1) is 11.1 Å². The van der Waals surface area contributed by atoms with Crippen LogP contribution in [0.4, 0.5) is 17.6 Å². The number of rotatable bonds is 3. The highest BCUT2D eigenvalue weighted by molar-refractivity contribution is 8.00. The van der Waals surface area contributed by atoms with Gasteiger partial charge in [0.15, 0.2) is 0 Å². The zero-order chi connectivity index (χ0) is 14.8. The highest BCUT2D eigenvalue weighted by atomic mass is 32.2. The molecule has 0 aromatic heterocycles. The molecule has 0 aliphatic carbocycles. The molecule has 0 radical (unpaired) electrons. The minimum Gasteiger partial charge on any atom is -0.351 e. The quantitative estimate of drug-likeness (QED) is 0.866. The number of nitrogens with one attached hydrogen (secondary N) is 1. The van der Waals surface area contributed by atoms with Gasteiger partial charge in [-0.3, -0.25) is 4.79 Å². The van der Waals surface area contributed by atoms with Crippen LogP contribution in [0.3, 0.4) is 0 Å². The van der Waals surface area contributed by atoms with Crippen LogP contribution in [0, 0.1) is 5.82 Å². The average Bonchev–Trinajstić information content (AvgIpc) is 2.88. The van der Waals surface area contributed by atoms with Gasteiger partial charge in [0.25, 0.3) is 5.91 Å². The van der Waals surface area contributed by atoms with E-state index in [1.54, 1.807) is 11.8 Å². The summed E-state index contributed by atoms with van der Waals surface area (Å²) in [6, 6.07) is 2.71. The number of carbonyl (C=O) groups excluding carboxylic acids is 1. The van der Waals surface area contributed by atoms with Crippen molar-refractivity contribution in [2.45, 2.75) is 24.3 Å². The largest absolute Gasteiger partial charge is 0.419 e. The molecule has 0 bridgehead atoms. The lowest BCUT2D eigenvalue weighted by Crippen LogP contribution is -2.30. The first-order valence-electron chi connectivity index (χ1n) is 6.15. The Morgan fingerprint density at radius 3 is 2.75 bits per heavy atom. The topological polar surface area (TPSA) is 29.1 Å². The first-order valence-corrected chi connectivity index (χ1v) is 7.20. The molecule has 1 aromatic carbocycles. The molecule has 2 rings (SSSR count). The maximum Gasteiger partial charge on any atom is 0.419 e. The Labute approximate surface area is 117 Å². The zero-order valence-electron chi connectivity index (χ0n) is 10.5. The van der Waals surface area contributed by atoms with E-state index >= 15 is 0 Å². The fourth-order valence-electron chi connectivity index (χ4n) is 2.03. The van der Waals surface area contributed by atoms with Crippen molar-refractivity contribution in [2.75, 3.05) is 12.3 Å². The smallest absolute Gasteiger partial charge is 0.351 e. The lowest BCUT2D eigenvalue weighted by molar-refractivity contribution is -0.140. The molecular weight excluding hydrogens is 294 g/mol. The highest BCUT2D eigenvalue weighted by Crippen LogP contribution is 2.32. The Bertz CT molecular complexity index is 498. The van der Waals surface area contributed by atoms with Gasteiger partial charge in [0.1, 0.15) is 5.82 Å². The molecule has 1 atom stereocenters. The van der Waals surface area contributed by atoms with E-state index in [4.69, 9.17) is 0 Å². The molecule has 1 unspecified atom stereocenters. The molecule has 110 valence electrons. The van der Waals surface area contributed by atoms with E-state index in [1.165, 1.54) is 0 Å². The van der Waals surface area contributed by atoms with Crippen LogP contribution in [-0.2, 0) is 6.18 Å². The lowest BCUT2D eigenvalue weighted by atomic mass is 10.1. The molecular formula is C13H13F4NOS. The van der Waals surface area contributed by atoms with E-state index < -0.39 is 29.0 Å². The second-order valence-electron chi connectivity index (χ2n) is 4.51. The molecule has 7 heteroatoms. The van der Waals surface area contributed by atoms with Crippen LogP contribution >= 0.6 is 11.8 Å². The Morgan fingerprint density at radius 1 is 1.40 bits per heavy atom. The number of hydrogen-bond acceptors (Lipinski definition) is 2. The van der Waals surface area contributed by atoms with Crippen LogP contribution in [-0.4, -0.2) is 23.5 Å². The van der Waals surface area contributed by atoms with Gasteiger partial charge in [-0.2, -0.15) is 24.9 Å². The van der Waals surface area contributed by atoms with Crippen molar-refractivity contribution in [1.29, 1.82) is 0 Å². The Kier molecular flexibility index (Phi) is 4.57. The predicted molar refractivity (Wildman–Crippen MR) is 69.2 cm³/mol. The number of alkyl halides is 3. The molecule has 1 aliphatic rings. The van der Waals surface area contributed by atoms with E-state index in [1.807, 2.05) is 0 Å². The van der Waals surface area contributed by atoms with Gasteiger partial charge in [-0.25, -0.2) is 4.39 Å². The minimum atomic E-state index is -4.80. The van der Waals surface area contributed by atoms with Crippen molar-refractivity contribution in [2.24, 2.45) is 0 Å². The average molecular weight is 307 g/mol. The van der Waals surface area contributed by atoms with Crippen molar-refractivity contribution < 1.29 is 22.4 Å². The molecule has 0 saturated carbocycles. The van der Waals surface area contributed by atoms with E-state index in [2.05, 4.69) is 5.32 Å². The number of carbonyl (C=O) groups is 1. The van der Waals surface area contributed by atoms with Crippen LogP contribution in [0.2, 0.25) is 0 Å². The van der Waals surface area contributed by atoms with Gasteiger partial charge in [-0.05, 0) is 30.7 Å². The van der Waals surface area contributed by atoms with Crippen molar-refractivity contribution in [3.63, 3.8) is 0 Å². The van der Waals surface area contributed by atoms with E-state index in [9.17, 15) is 22.4 Å². The summed E-state index contributed by atoms with van der Waals surface area (Å²) in [5.41, 5.74) is -1.98. The summed E-state index contributed by atoms with van der Waals surface area (Å²) in [4.78, 5) is 11.8.